The van der Waals surface area contributed by atoms with Gasteiger partial charge in [-0.1, -0.05) is 12.1 Å². The number of hydrazine groups is 1. The topological polar surface area (TPSA) is 41.1 Å². The van der Waals surface area contributed by atoms with Crippen LogP contribution in [0.4, 0.5) is 4.39 Å². The van der Waals surface area contributed by atoms with Crippen molar-refractivity contribution in [1.29, 1.82) is 0 Å². The highest BCUT2D eigenvalue weighted by atomic mass is 19.1. The molecule has 1 aromatic rings. The maximum atomic E-state index is 12.8. The molecule has 0 bridgehead atoms. The number of benzene rings is 1. The van der Waals surface area contributed by atoms with Crippen LogP contribution in [-0.2, 0) is 4.79 Å². The third-order valence-corrected chi connectivity index (χ3v) is 1.96. The van der Waals surface area contributed by atoms with E-state index < -0.39 is 0 Å². The fraction of sp³-hybridized carbons (Fsp3) is 0.100. The van der Waals surface area contributed by atoms with Gasteiger partial charge in [0.05, 0.1) is 0 Å². The summed E-state index contributed by atoms with van der Waals surface area (Å²) in [6.45, 7) is 0.468. The largest absolute Gasteiger partial charge is 0.287 e. The third-order valence-electron chi connectivity index (χ3n) is 1.96. The first-order valence-electron chi connectivity index (χ1n) is 4.25. The lowest BCUT2D eigenvalue weighted by atomic mass is 10.1. The van der Waals surface area contributed by atoms with E-state index in [2.05, 4.69) is 10.9 Å². The molecule has 0 aromatic heterocycles. The average molecular weight is 192 g/mol. The minimum Gasteiger partial charge on any atom is -0.287 e. The van der Waals surface area contributed by atoms with Gasteiger partial charge in [-0.15, -0.1) is 0 Å². The van der Waals surface area contributed by atoms with Crippen molar-refractivity contribution >= 4 is 12.0 Å². The van der Waals surface area contributed by atoms with Crippen LogP contribution >= 0.6 is 0 Å². The molecule has 0 atom stereocenters. The second-order valence-electron chi connectivity index (χ2n) is 3.03. The molecule has 2 N–H and O–H groups in total. The summed E-state index contributed by atoms with van der Waals surface area (Å²) in [6, 6.07) is 6.12. The van der Waals surface area contributed by atoms with E-state index in [1.54, 1.807) is 18.2 Å². The first-order chi connectivity index (χ1) is 6.75. The summed E-state index contributed by atoms with van der Waals surface area (Å²) >= 11 is 0. The van der Waals surface area contributed by atoms with E-state index >= 15 is 0 Å². The van der Waals surface area contributed by atoms with Crippen molar-refractivity contribution in [2.24, 2.45) is 0 Å². The standard InChI is InChI=1S/C10H9FN2O/c11-9-3-1-2-7(5-9)4-8-6-12-13-10(8)14/h1-5,12H,6H2,(H,13,14)/b8-4+. The second-order valence-corrected chi connectivity index (χ2v) is 3.03. The van der Waals surface area contributed by atoms with E-state index in [0.29, 0.717) is 17.7 Å². The quantitative estimate of drug-likeness (QED) is 0.647. The summed E-state index contributed by atoms with van der Waals surface area (Å²) in [5.74, 6) is -0.458. The minimum absolute atomic E-state index is 0.158. The number of hydrogen-bond acceptors (Lipinski definition) is 2. The molecule has 1 heterocycles. The number of carbonyl (C=O) groups excluding carboxylic acids is 1. The van der Waals surface area contributed by atoms with Crippen molar-refractivity contribution in [3.05, 3.63) is 41.2 Å². The molecule has 4 heteroatoms. The van der Waals surface area contributed by atoms with Crippen LogP contribution in [-0.4, -0.2) is 12.5 Å². The monoisotopic (exact) mass is 192 g/mol. The Balaban J connectivity index is 2.28. The fourth-order valence-corrected chi connectivity index (χ4v) is 1.29. The molecular weight excluding hydrogens is 183 g/mol. The maximum Gasteiger partial charge on any atom is 0.262 e. The van der Waals surface area contributed by atoms with E-state index in [4.69, 9.17) is 0 Å². The maximum absolute atomic E-state index is 12.8. The zero-order chi connectivity index (χ0) is 9.97. The summed E-state index contributed by atoms with van der Waals surface area (Å²) in [5, 5.41) is 0. The van der Waals surface area contributed by atoms with E-state index in [9.17, 15) is 9.18 Å². The Morgan fingerprint density at radius 1 is 1.43 bits per heavy atom. The van der Waals surface area contributed by atoms with E-state index in [1.165, 1.54) is 12.1 Å². The molecule has 0 spiro atoms. The van der Waals surface area contributed by atoms with Gasteiger partial charge in [0, 0.05) is 12.1 Å². The van der Waals surface area contributed by atoms with Crippen molar-refractivity contribution in [2.45, 2.75) is 0 Å². The molecule has 0 radical (unpaired) electrons. The Labute approximate surface area is 80.6 Å². The molecule has 1 saturated heterocycles. The number of amides is 1. The number of rotatable bonds is 1. The van der Waals surface area contributed by atoms with Crippen molar-refractivity contribution in [2.75, 3.05) is 6.54 Å². The lowest BCUT2D eigenvalue weighted by molar-refractivity contribution is -0.116. The number of nitrogens with one attached hydrogen (secondary N) is 2. The van der Waals surface area contributed by atoms with Crippen LogP contribution in [0, 0.1) is 5.82 Å². The van der Waals surface area contributed by atoms with Gasteiger partial charge in [-0.25, -0.2) is 9.82 Å². The van der Waals surface area contributed by atoms with Gasteiger partial charge >= 0.3 is 0 Å². The molecule has 14 heavy (non-hydrogen) atoms. The lowest BCUT2D eigenvalue weighted by Crippen LogP contribution is -2.25. The smallest absolute Gasteiger partial charge is 0.262 e. The van der Waals surface area contributed by atoms with Crippen LogP contribution in [0.2, 0.25) is 0 Å². The van der Waals surface area contributed by atoms with Crippen LogP contribution < -0.4 is 10.9 Å². The van der Waals surface area contributed by atoms with Gasteiger partial charge in [0.15, 0.2) is 0 Å². The zero-order valence-electron chi connectivity index (χ0n) is 7.38. The highest BCUT2D eigenvalue weighted by molar-refractivity contribution is 5.99. The van der Waals surface area contributed by atoms with Gasteiger partial charge in [0.2, 0.25) is 0 Å². The first kappa shape index (κ1) is 8.90. The molecule has 3 nitrogen and oxygen atoms in total. The summed E-state index contributed by atoms with van der Waals surface area (Å²) in [7, 11) is 0. The molecule has 72 valence electrons. The predicted octanol–water partition coefficient (Wildman–Crippen LogP) is 0.843. The van der Waals surface area contributed by atoms with Crippen molar-refractivity contribution < 1.29 is 9.18 Å². The van der Waals surface area contributed by atoms with Crippen LogP contribution in [0.15, 0.2) is 29.8 Å². The summed E-state index contributed by atoms with van der Waals surface area (Å²) < 4.78 is 12.8. The van der Waals surface area contributed by atoms with Gasteiger partial charge in [-0.3, -0.25) is 10.2 Å². The van der Waals surface area contributed by atoms with Crippen LogP contribution in [0.1, 0.15) is 5.56 Å². The van der Waals surface area contributed by atoms with Crippen LogP contribution in [0.25, 0.3) is 6.08 Å². The summed E-state index contributed by atoms with van der Waals surface area (Å²) in [6.07, 6.45) is 1.67. The third kappa shape index (κ3) is 1.80. The molecule has 0 unspecified atom stereocenters. The predicted molar refractivity (Wildman–Crippen MR) is 50.5 cm³/mol. The van der Waals surface area contributed by atoms with Crippen molar-refractivity contribution in [3.63, 3.8) is 0 Å². The summed E-state index contributed by atoms with van der Waals surface area (Å²) in [4.78, 5) is 11.1. The SMILES string of the molecule is O=C1NNC/C1=C\c1cccc(F)c1. The molecule has 1 aliphatic rings. The molecule has 1 aliphatic heterocycles. The van der Waals surface area contributed by atoms with Gasteiger partial charge in [-0.2, -0.15) is 0 Å². The molecule has 1 fully saturated rings. The lowest BCUT2D eigenvalue weighted by Gasteiger charge is -1.95. The Hall–Kier alpha value is -1.68. The average Bonchev–Trinajstić information content (AvgIpc) is 2.52. The number of carbonyl (C=O) groups is 1. The Bertz CT molecular complexity index is 401. The van der Waals surface area contributed by atoms with E-state index in [-0.39, 0.29) is 11.7 Å². The van der Waals surface area contributed by atoms with Crippen LogP contribution in [0.5, 0.6) is 0 Å². The molecular formula is C10H9FN2O. The van der Waals surface area contributed by atoms with Crippen molar-refractivity contribution in [3.8, 4) is 0 Å². The normalized spacial score (nSPS) is 18.6. The second kappa shape index (κ2) is 3.59. The molecule has 1 aromatic carbocycles. The highest BCUT2D eigenvalue weighted by Crippen LogP contribution is 2.10. The van der Waals surface area contributed by atoms with Gasteiger partial charge < -0.3 is 0 Å². The number of hydrogen-bond donors (Lipinski definition) is 2. The molecule has 0 saturated carbocycles. The first-order valence-corrected chi connectivity index (χ1v) is 4.25. The molecule has 1 amide bonds. The van der Waals surface area contributed by atoms with Gasteiger partial charge in [0.1, 0.15) is 5.82 Å². The minimum atomic E-state index is -0.300. The zero-order valence-corrected chi connectivity index (χ0v) is 7.38. The Kier molecular flexibility index (Phi) is 2.28. The highest BCUT2D eigenvalue weighted by Gasteiger charge is 2.14. The van der Waals surface area contributed by atoms with Gasteiger partial charge in [0.25, 0.3) is 5.91 Å². The van der Waals surface area contributed by atoms with E-state index in [1.807, 2.05) is 0 Å². The van der Waals surface area contributed by atoms with E-state index in [0.717, 1.165) is 0 Å². The molecule has 2 rings (SSSR count). The Morgan fingerprint density at radius 2 is 2.29 bits per heavy atom. The molecule has 0 aliphatic carbocycles. The van der Waals surface area contributed by atoms with Crippen LogP contribution in [0.3, 0.4) is 0 Å². The number of halogens is 1. The fourth-order valence-electron chi connectivity index (χ4n) is 1.29. The Morgan fingerprint density at radius 3 is 2.93 bits per heavy atom. The van der Waals surface area contributed by atoms with Crippen molar-refractivity contribution in [1.82, 2.24) is 10.9 Å². The van der Waals surface area contributed by atoms with Gasteiger partial charge in [-0.05, 0) is 23.8 Å². The summed E-state index contributed by atoms with van der Waals surface area (Å²) in [5.41, 5.74) is 6.45.